The fourth-order valence-electron chi connectivity index (χ4n) is 3.88. The third-order valence-corrected chi connectivity index (χ3v) is 7.55. The van der Waals surface area contributed by atoms with Crippen molar-refractivity contribution in [2.75, 3.05) is 69.2 Å². The first-order valence-electron chi connectivity index (χ1n) is 10.2. The van der Waals surface area contributed by atoms with Gasteiger partial charge in [0.05, 0.1) is 4.90 Å². The van der Waals surface area contributed by atoms with Gasteiger partial charge in [-0.3, -0.25) is 0 Å². The van der Waals surface area contributed by atoms with Gasteiger partial charge in [0.15, 0.2) is 0 Å². The molecule has 31 heavy (non-hydrogen) atoms. The van der Waals surface area contributed by atoms with Crippen molar-refractivity contribution < 1.29 is 17.2 Å². The number of hydrogen-bond acceptors (Lipinski definition) is 7. The number of aromatic nitrogens is 2. The van der Waals surface area contributed by atoms with E-state index in [4.69, 9.17) is 0 Å². The van der Waals surface area contributed by atoms with Crippen molar-refractivity contribution in [2.45, 2.75) is 11.8 Å². The summed E-state index contributed by atoms with van der Waals surface area (Å²) in [4.78, 5) is 15.3. The highest BCUT2D eigenvalue weighted by atomic mass is 32.2. The van der Waals surface area contributed by atoms with Crippen LogP contribution in [0.5, 0.6) is 0 Å². The largest absolute Gasteiger partial charge is 0.354 e. The number of likely N-dealkylation sites (N-methyl/N-ethyl adjacent to an activating group) is 1. The number of hydrogen-bond donors (Lipinski definition) is 0. The molecule has 0 bridgehead atoms. The quantitative estimate of drug-likeness (QED) is 0.693. The van der Waals surface area contributed by atoms with Crippen LogP contribution in [0.4, 0.5) is 20.4 Å². The lowest BCUT2D eigenvalue weighted by molar-refractivity contribution is 0.312. The van der Waals surface area contributed by atoms with Crippen LogP contribution in [0.3, 0.4) is 0 Å². The highest BCUT2D eigenvalue weighted by Gasteiger charge is 2.30. The SMILES string of the molecule is Cc1nc(N2CCN(C)CC2)cc(N2CCN(S(=O)(=O)c3cc(F)cc(F)c3)CC2)n1. The summed E-state index contributed by atoms with van der Waals surface area (Å²) >= 11 is 0. The molecule has 2 aromatic rings. The molecule has 0 radical (unpaired) electrons. The zero-order valence-electron chi connectivity index (χ0n) is 17.6. The van der Waals surface area contributed by atoms with Gasteiger partial charge < -0.3 is 14.7 Å². The van der Waals surface area contributed by atoms with Crippen molar-refractivity contribution in [1.82, 2.24) is 19.2 Å². The lowest BCUT2D eigenvalue weighted by Gasteiger charge is -2.36. The molecule has 0 unspecified atom stereocenters. The molecule has 0 N–H and O–H groups in total. The number of rotatable bonds is 4. The number of anilines is 2. The maximum absolute atomic E-state index is 13.5. The van der Waals surface area contributed by atoms with E-state index in [9.17, 15) is 17.2 Å². The first-order valence-corrected chi connectivity index (χ1v) is 11.7. The molecule has 2 aliphatic heterocycles. The topological polar surface area (TPSA) is 72.9 Å². The molecule has 1 aromatic carbocycles. The van der Waals surface area contributed by atoms with Gasteiger partial charge in [0.1, 0.15) is 29.1 Å². The Morgan fingerprint density at radius 2 is 1.26 bits per heavy atom. The summed E-state index contributed by atoms with van der Waals surface area (Å²) in [5, 5.41) is 0. The molecule has 4 rings (SSSR count). The molecule has 11 heteroatoms. The number of nitrogens with zero attached hydrogens (tertiary/aromatic N) is 6. The van der Waals surface area contributed by atoms with E-state index in [0.717, 1.165) is 49.9 Å². The van der Waals surface area contributed by atoms with Crippen molar-refractivity contribution in [2.24, 2.45) is 0 Å². The third kappa shape index (κ3) is 4.78. The Labute approximate surface area is 181 Å². The van der Waals surface area contributed by atoms with Gasteiger partial charge in [-0.15, -0.1) is 0 Å². The van der Waals surface area contributed by atoms with Crippen LogP contribution in [0, 0.1) is 18.6 Å². The number of aryl methyl sites for hydroxylation is 1. The van der Waals surface area contributed by atoms with Crippen LogP contribution >= 0.6 is 0 Å². The average molecular weight is 453 g/mol. The van der Waals surface area contributed by atoms with Gasteiger partial charge in [-0.25, -0.2) is 27.2 Å². The second-order valence-electron chi connectivity index (χ2n) is 7.92. The lowest BCUT2D eigenvalue weighted by atomic mass is 10.3. The van der Waals surface area contributed by atoms with Crippen molar-refractivity contribution in [3.8, 4) is 0 Å². The highest BCUT2D eigenvalue weighted by molar-refractivity contribution is 7.89. The average Bonchev–Trinajstić information content (AvgIpc) is 2.73. The number of piperazine rings is 2. The third-order valence-electron chi connectivity index (χ3n) is 5.67. The molecule has 2 saturated heterocycles. The van der Waals surface area contributed by atoms with Gasteiger partial charge in [0.25, 0.3) is 0 Å². The maximum atomic E-state index is 13.5. The summed E-state index contributed by atoms with van der Waals surface area (Å²) in [6.45, 7) is 6.82. The summed E-state index contributed by atoms with van der Waals surface area (Å²) in [7, 11) is -1.87. The van der Waals surface area contributed by atoms with E-state index < -0.39 is 21.7 Å². The van der Waals surface area contributed by atoms with E-state index in [1.165, 1.54) is 4.31 Å². The number of sulfonamides is 1. The zero-order chi connectivity index (χ0) is 22.2. The molecule has 1 aromatic heterocycles. The number of benzene rings is 1. The van der Waals surface area contributed by atoms with Gasteiger partial charge in [-0.2, -0.15) is 4.31 Å². The summed E-state index contributed by atoms with van der Waals surface area (Å²) < 4.78 is 53.9. The summed E-state index contributed by atoms with van der Waals surface area (Å²) in [6, 6.07) is 4.30. The van der Waals surface area contributed by atoms with E-state index in [2.05, 4.69) is 26.8 Å². The van der Waals surface area contributed by atoms with E-state index in [-0.39, 0.29) is 18.0 Å². The molecule has 2 aliphatic rings. The molecular formula is C20H26F2N6O2S. The van der Waals surface area contributed by atoms with Gasteiger partial charge in [-0.1, -0.05) is 0 Å². The minimum absolute atomic E-state index is 0.202. The molecule has 0 atom stereocenters. The van der Waals surface area contributed by atoms with E-state index in [0.29, 0.717) is 25.0 Å². The second kappa shape index (κ2) is 8.64. The van der Waals surface area contributed by atoms with Crippen molar-refractivity contribution in [1.29, 1.82) is 0 Å². The number of halogens is 2. The van der Waals surface area contributed by atoms with Crippen LogP contribution < -0.4 is 9.80 Å². The van der Waals surface area contributed by atoms with Gasteiger partial charge >= 0.3 is 0 Å². The molecule has 168 valence electrons. The zero-order valence-corrected chi connectivity index (χ0v) is 18.4. The molecule has 0 spiro atoms. The highest BCUT2D eigenvalue weighted by Crippen LogP contribution is 2.24. The van der Waals surface area contributed by atoms with Crippen molar-refractivity contribution >= 4 is 21.7 Å². The maximum Gasteiger partial charge on any atom is 0.243 e. The first kappa shape index (κ1) is 21.8. The fourth-order valence-corrected chi connectivity index (χ4v) is 5.35. The Bertz CT molecular complexity index is 1030. The first-order chi connectivity index (χ1) is 14.7. The van der Waals surface area contributed by atoms with Crippen LogP contribution in [0.1, 0.15) is 5.82 Å². The Balaban J connectivity index is 1.47. The standard InChI is InChI=1S/C20H26F2N6O2S/c1-15-23-19(26-5-3-25(2)4-6-26)14-20(24-15)27-7-9-28(10-8-27)31(29,30)18-12-16(21)11-17(22)13-18/h11-14H,3-10H2,1-2H3. The van der Waals surface area contributed by atoms with Crippen LogP contribution in [-0.4, -0.2) is 87.0 Å². The van der Waals surface area contributed by atoms with Gasteiger partial charge in [-0.05, 0) is 26.1 Å². The molecular weight excluding hydrogens is 426 g/mol. The predicted octanol–water partition coefficient (Wildman–Crippen LogP) is 1.33. The fraction of sp³-hybridized carbons (Fsp3) is 0.500. The summed E-state index contributed by atoms with van der Waals surface area (Å²) in [6.07, 6.45) is 0. The molecule has 0 saturated carbocycles. The Hall–Kier alpha value is -2.37. The predicted molar refractivity (Wildman–Crippen MR) is 114 cm³/mol. The van der Waals surface area contributed by atoms with Crippen molar-refractivity contribution in [3.63, 3.8) is 0 Å². The molecule has 0 amide bonds. The molecule has 8 nitrogen and oxygen atoms in total. The minimum Gasteiger partial charge on any atom is -0.354 e. The molecule has 2 fully saturated rings. The Kier molecular flexibility index (Phi) is 6.09. The normalized spacial score (nSPS) is 19.1. The van der Waals surface area contributed by atoms with Crippen molar-refractivity contribution in [3.05, 3.63) is 41.7 Å². The molecule has 3 heterocycles. The lowest BCUT2D eigenvalue weighted by Crippen LogP contribution is -2.49. The Morgan fingerprint density at radius 3 is 1.77 bits per heavy atom. The van der Waals surface area contributed by atoms with Crippen LogP contribution in [-0.2, 0) is 10.0 Å². The van der Waals surface area contributed by atoms with Gasteiger partial charge in [0.2, 0.25) is 10.0 Å². The monoisotopic (exact) mass is 452 g/mol. The van der Waals surface area contributed by atoms with E-state index >= 15 is 0 Å². The van der Waals surface area contributed by atoms with E-state index in [1.54, 1.807) is 0 Å². The summed E-state index contributed by atoms with van der Waals surface area (Å²) in [5.74, 6) is 0.475. The molecule has 0 aliphatic carbocycles. The Morgan fingerprint density at radius 1 is 0.774 bits per heavy atom. The van der Waals surface area contributed by atoms with Crippen LogP contribution in [0.25, 0.3) is 0 Å². The van der Waals surface area contributed by atoms with Gasteiger partial charge in [0, 0.05) is 64.5 Å². The summed E-state index contributed by atoms with van der Waals surface area (Å²) in [5.41, 5.74) is 0. The minimum atomic E-state index is -3.97. The van der Waals surface area contributed by atoms with Crippen LogP contribution in [0.15, 0.2) is 29.2 Å². The van der Waals surface area contributed by atoms with E-state index in [1.807, 2.05) is 17.9 Å². The van der Waals surface area contributed by atoms with Crippen LogP contribution in [0.2, 0.25) is 0 Å². The smallest absolute Gasteiger partial charge is 0.243 e. The second-order valence-corrected chi connectivity index (χ2v) is 9.86.